The monoisotopic (exact) mass is 266 g/mol. The van der Waals surface area contributed by atoms with Gasteiger partial charge in [0.25, 0.3) is 0 Å². The average molecular weight is 266 g/mol. The number of hydrogen-bond acceptors (Lipinski definition) is 4. The molecule has 0 unspecified atom stereocenters. The van der Waals surface area contributed by atoms with Gasteiger partial charge in [-0.05, 0) is 0 Å². The van der Waals surface area contributed by atoms with Crippen LogP contribution in [0.3, 0.4) is 0 Å². The Labute approximate surface area is 108 Å². The second kappa shape index (κ2) is 21.2. The van der Waals surface area contributed by atoms with E-state index >= 15 is 0 Å². The molecule has 1 fully saturated rings. The van der Waals surface area contributed by atoms with Crippen LogP contribution in [0.15, 0.2) is 0 Å². The van der Waals surface area contributed by atoms with Crippen LogP contribution in [0.5, 0.6) is 0 Å². The summed E-state index contributed by atoms with van der Waals surface area (Å²) in [4.78, 5) is 19.3. The maximum Gasteiger partial charge on any atom is 0.303 e. The Morgan fingerprint density at radius 2 is 0.833 bits per heavy atom. The van der Waals surface area contributed by atoms with Crippen molar-refractivity contribution in [2.24, 2.45) is 0 Å². The van der Waals surface area contributed by atoms with Crippen molar-refractivity contribution in [2.75, 3.05) is 14.2 Å². The Hall–Kier alpha value is -1.14. The summed E-state index contributed by atoms with van der Waals surface area (Å²) < 4.78 is 0. The van der Waals surface area contributed by atoms with Crippen molar-refractivity contribution >= 4 is 11.9 Å². The van der Waals surface area contributed by atoms with Crippen LogP contribution in [0.25, 0.3) is 0 Å². The summed E-state index contributed by atoms with van der Waals surface area (Å²) in [6, 6.07) is 0. The van der Waals surface area contributed by atoms with Gasteiger partial charge in [0.1, 0.15) is 0 Å². The van der Waals surface area contributed by atoms with Crippen LogP contribution in [0, 0.1) is 0 Å². The van der Waals surface area contributed by atoms with E-state index in [2.05, 4.69) is 0 Å². The van der Waals surface area contributed by atoms with Crippen LogP contribution in [-0.4, -0.2) is 46.6 Å². The van der Waals surface area contributed by atoms with Crippen LogP contribution in [0.1, 0.15) is 51.4 Å². The van der Waals surface area contributed by atoms with Crippen LogP contribution < -0.4 is 0 Å². The maximum absolute atomic E-state index is 9.64. The van der Waals surface area contributed by atoms with Crippen molar-refractivity contribution in [1.82, 2.24) is 0 Å². The Balaban J connectivity index is -0.000000199. The van der Waals surface area contributed by atoms with Gasteiger partial charge < -0.3 is 20.4 Å². The third kappa shape index (κ3) is 29.4. The average Bonchev–Trinajstić information content (AvgIpc) is 2.44. The minimum atomic E-state index is -1.08. The predicted molar refractivity (Wildman–Crippen MR) is 68.5 cm³/mol. The molecule has 4 N–H and O–H groups in total. The van der Waals surface area contributed by atoms with E-state index < -0.39 is 11.9 Å². The maximum atomic E-state index is 9.64. The Morgan fingerprint density at radius 1 is 0.667 bits per heavy atom. The number of aliphatic hydroxyl groups excluding tert-OH is 2. The van der Waals surface area contributed by atoms with Gasteiger partial charge >= 0.3 is 11.9 Å². The largest absolute Gasteiger partial charge is 0.481 e. The summed E-state index contributed by atoms with van der Waals surface area (Å²) in [5.41, 5.74) is 0. The molecule has 18 heavy (non-hydrogen) atoms. The van der Waals surface area contributed by atoms with Crippen molar-refractivity contribution in [3.05, 3.63) is 0 Å². The van der Waals surface area contributed by atoms with E-state index in [4.69, 9.17) is 20.4 Å². The number of hydrogen-bond donors (Lipinski definition) is 4. The molecule has 0 radical (unpaired) electrons. The zero-order valence-electron chi connectivity index (χ0n) is 11.3. The molecule has 1 rings (SSSR count). The third-order valence-corrected chi connectivity index (χ3v) is 2.05. The summed E-state index contributed by atoms with van der Waals surface area (Å²) in [6.07, 6.45) is 8.41. The quantitative estimate of drug-likeness (QED) is 0.615. The normalized spacial score (nSPS) is 12.4. The molecule has 0 aromatic rings. The minimum absolute atomic E-state index is 0.296. The molecule has 0 aliphatic heterocycles. The van der Waals surface area contributed by atoms with Gasteiger partial charge in [-0.2, -0.15) is 0 Å². The molecule has 0 atom stereocenters. The van der Waals surface area contributed by atoms with Gasteiger partial charge in [0, 0.05) is 14.2 Å². The highest BCUT2D eigenvalue weighted by molar-refractivity contribution is 5.75. The van der Waals surface area contributed by atoms with E-state index in [0.717, 1.165) is 14.2 Å². The molecule has 0 spiro atoms. The van der Waals surface area contributed by atoms with Crippen LogP contribution in [0.2, 0.25) is 0 Å². The van der Waals surface area contributed by atoms with Gasteiger partial charge in [-0.25, -0.2) is 0 Å². The first-order valence-corrected chi connectivity index (χ1v) is 5.96. The zero-order chi connectivity index (χ0) is 14.8. The van der Waals surface area contributed by atoms with Crippen LogP contribution >= 0.6 is 0 Å². The zero-order valence-corrected chi connectivity index (χ0v) is 11.3. The summed E-state index contributed by atoms with van der Waals surface area (Å²) in [5.74, 6) is -2.15. The van der Waals surface area contributed by atoms with Gasteiger partial charge in [0.2, 0.25) is 0 Å². The molecule has 0 heterocycles. The standard InChI is InChI=1S/C6H12.C4H6O4.2CH4O/c1-2-4-6-5-3-1;5-3(6)1-2-4(7)8;2*1-2/h1-6H2;1-2H2,(H,5,6)(H,7,8);2*2H,1H3. The lowest BCUT2D eigenvalue weighted by Gasteiger charge is -2.05. The molecule has 6 nitrogen and oxygen atoms in total. The molecule has 1 saturated carbocycles. The SMILES string of the molecule is C1CCCCC1.CO.CO.O=C(O)CCC(=O)O. The molecule has 110 valence electrons. The first-order chi connectivity index (χ1) is 8.63. The fourth-order valence-electron chi connectivity index (χ4n) is 1.27. The molecule has 0 saturated heterocycles. The molecule has 0 amide bonds. The summed E-state index contributed by atoms with van der Waals surface area (Å²) in [7, 11) is 2.00. The molecule has 1 aliphatic rings. The topological polar surface area (TPSA) is 115 Å². The van der Waals surface area contributed by atoms with E-state index in [1.807, 2.05) is 0 Å². The summed E-state index contributed by atoms with van der Waals surface area (Å²) in [5, 5.41) is 29.8. The van der Waals surface area contributed by atoms with Crippen molar-refractivity contribution < 1.29 is 30.0 Å². The van der Waals surface area contributed by atoms with Crippen LogP contribution in [-0.2, 0) is 9.59 Å². The molecule has 1 aliphatic carbocycles. The highest BCUT2D eigenvalue weighted by Gasteiger charge is 2.00. The van der Waals surface area contributed by atoms with E-state index in [1.165, 1.54) is 38.5 Å². The fraction of sp³-hybridized carbons (Fsp3) is 0.833. The van der Waals surface area contributed by atoms with Gasteiger partial charge in [-0.1, -0.05) is 38.5 Å². The first-order valence-electron chi connectivity index (χ1n) is 5.96. The smallest absolute Gasteiger partial charge is 0.303 e. The van der Waals surface area contributed by atoms with Crippen molar-refractivity contribution in [2.45, 2.75) is 51.4 Å². The molecule has 0 aromatic carbocycles. The van der Waals surface area contributed by atoms with Gasteiger partial charge in [0.15, 0.2) is 0 Å². The minimum Gasteiger partial charge on any atom is -0.481 e. The van der Waals surface area contributed by atoms with Gasteiger partial charge in [0.05, 0.1) is 12.8 Å². The molecule has 6 heteroatoms. The Kier molecular flexibility index (Phi) is 26.0. The molecule has 0 aromatic heterocycles. The fourth-order valence-corrected chi connectivity index (χ4v) is 1.27. The Morgan fingerprint density at radius 3 is 0.944 bits per heavy atom. The molecular weight excluding hydrogens is 240 g/mol. The van der Waals surface area contributed by atoms with Crippen molar-refractivity contribution in [1.29, 1.82) is 0 Å². The summed E-state index contributed by atoms with van der Waals surface area (Å²) >= 11 is 0. The lowest BCUT2D eigenvalue weighted by molar-refractivity contribution is -0.143. The molecule has 0 bridgehead atoms. The molecular formula is C12H26O6. The summed E-state index contributed by atoms with van der Waals surface area (Å²) in [6.45, 7) is 0. The number of aliphatic carboxylic acids is 2. The van der Waals surface area contributed by atoms with E-state index in [9.17, 15) is 9.59 Å². The second-order valence-corrected chi connectivity index (χ2v) is 3.41. The number of carboxylic acids is 2. The van der Waals surface area contributed by atoms with Crippen molar-refractivity contribution in [3.63, 3.8) is 0 Å². The lowest BCUT2D eigenvalue weighted by Crippen LogP contribution is -2.00. The van der Waals surface area contributed by atoms with E-state index in [1.54, 1.807) is 0 Å². The number of carboxylic acid groups (broad SMARTS) is 2. The van der Waals surface area contributed by atoms with E-state index in [0.29, 0.717) is 0 Å². The van der Waals surface area contributed by atoms with Crippen LogP contribution in [0.4, 0.5) is 0 Å². The number of rotatable bonds is 3. The number of carbonyl (C=O) groups is 2. The van der Waals surface area contributed by atoms with Gasteiger partial charge in [-0.3, -0.25) is 9.59 Å². The Bertz CT molecular complexity index is 152. The highest BCUT2D eigenvalue weighted by Crippen LogP contribution is 2.15. The van der Waals surface area contributed by atoms with Gasteiger partial charge in [-0.15, -0.1) is 0 Å². The van der Waals surface area contributed by atoms with E-state index in [-0.39, 0.29) is 12.8 Å². The third-order valence-electron chi connectivity index (χ3n) is 2.05. The lowest BCUT2D eigenvalue weighted by atomic mass is 10.0. The predicted octanol–water partition coefficient (Wildman–Crippen LogP) is 1.49. The highest BCUT2D eigenvalue weighted by atomic mass is 16.4. The second-order valence-electron chi connectivity index (χ2n) is 3.41. The number of aliphatic hydroxyl groups is 2. The van der Waals surface area contributed by atoms with Crippen molar-refractivity contribution in [3.8, 4) is 0 Å². The first kappa shape index (κ1) is 22.1.